The van der Waals surface area contributed by atoms with Crippen LogP contribution in [0.15, 0.2) is 54.7 Å². The van der Waals surface area contributed by atoms with E-state index in [0.717, 1.165) is 16.5 Å². The second kappa shape index (κ2) is 9.28. The molecule has 0 aliphatic rings. The van der Waals surface area contributed by atoms with E-state index < -0.39 is 6.04 Å². The van der Waals surface area contributed by atoms with Crippen molar-refractivity contribution in [3.05, 3.63) is 65.3 Å². The average Bonchev–Trinajstić information content (AvgIpc) is 3.07. The van der Waals surface area contributed by atoms with Crippen molar-refractivity contribution in [2.75, 3.05) is 13.2 Å². The third-order valence-electron chi connectivity index (χ3n) is 4.26. The van der Waals surface area contributed by atoms with Crippen molar-refractivity contribution in [2.45, 2.75) is 19.4 Å². The number of aromatic nitrogens is 1. The standard InChI is InChI=1S/C21H22ClN3O3/c1-14(26)25-20(11-15-13-24-19-8-3-2-7-18(15)19)21(27)23-9-10-28-17-6-4-5-16(22)12-17/h2-8,12-13,20,24H,9-11H2,1H3,(H,23,27)(H,25,26). The highest BCUT2D eigenvalue weighted by atomic mass is 35.5. The van der Waals surface area contributed by atoms with Gasteiger partial charge in [-0.25, -0.2) is 0 Å². The number of hydrogen-bond donors (Lipinski definition) is 3. The molecule has 2 amide bonds. The number of hydrogen-bond acceptors (Lipinski definition) is 3. The molecule has 0 radical (unpaired) electrons. The molecule has 0 fully saturated rings. The van der Waals surface area contributed by atoms with Gasteiger partial charge in [-0.3, -0.25) is 9.59 Å². The zero-order valence-electron chi connectivity index (χ0n) is 15.5. The summed E-state index contributed by atoms with van der Waals surface area (Å²) in [7, 11) is 0. The molecule has 0 aliphatic carbocycles. The number of rotatable bonds is 8. The van der Waals surface area contributed by atoms with Crippen LogP contribution in [0.3, 0.4) is 0 Å². The zero-order valence-corrected chi connectivity index (χ0v) is 16.3. The summed E-state index contributed by atoms with van der Waals surface area (Å²) in [6.07, 6.45) is 2.26. The maximum atomic E-state index is 12.6. The molecule has 1 unspecified atom stereocenters. The second-order valence-corrected chi connectivity index (χ2v) is 6.85. The van der Waals surface area contributed by atoms with Crippen molar-refractivity contribution in [2.24, 2.45) is 0 Å². The number of para-hydroxylation sites is 1. The summed E-state index contributed by atoms with van der Waals surface area (Å²) >= 11 is 5.91. The lowest BCUT2D eigenvalue weighted by atomic mass is 10.0. The first-order chi connectivity index (χ1) is 13.5. The number of benzene rings is 2. The fraction of sp³-hybridized carbons (Fsp3) is 0.238. The predicted molar refractivity (Wildman–Crippen MR) is 110 cm³/mol. The minimum atomic E-state index is -0.664. The van der Waals surface area contributed by atoms with Gasteiger partial charge in [0.25, 0.3) is 0 Å². The van der Waals surface area contributed by atoms with E-state index in [1.807, 2.05) is 30.5 Å². The predicted octanol–water partition coefficient (Wildman–Crippen LogP) is 3.06. The van der Waals surface area contributed by atoms with Crippen LogP contribution in [0.1, 0.15) is 12.5 Å². The molecular weight excluding hydrogens is 378 g/mol. The number of carbonyl (C=O) groups is 2. The molecular formula is C21H22ClN3O3. The Morgan fingerprint density at radius 3 is 2.79 bits per heavy atom. The SMILES string of the molecule is CC(=O)NC(Cc1c[nH]c2ccccc12)C(=O)NCCOc1cccc(Cl)c1. The van der Waals surface area contributed by atoms with Gasteiger partial charge in [-0.2, -0.15) is 0 Å². The molecule has 7 heteroatoms. The molecule has 3 N–H and O–H groups in total. The summed E-state index contributed by atoms with van der Waals surface area (Å²) in [5.74, 6) is 0.129. The van der Waals surface area contributed by atoms with Gasteiger partial charge < -0.3 is 20.4 Å². The van der Waals surface area contributed by atoms with Crippen LogP contribution in [0.25, 0.3) is 10.9 Å². The average molecular weight is 400 g/mol. The van der Waals surface area contributed by atoms with Gasteiger partial charge in [0.15, 0.2) is 0 Å². The first-order valence-corrected chi connectivity index (χ1v) is 9.39. The lowest BCUT2D eigenvalue weighted by Gasteiger charge is -2.17. The Kier molecular flexibility index (Phi) is 6.55. The summed E-state index contributed by atoms with van der Waals surface area (Å²) in [4.78, 5) is 27.3. The smallest absolute Gasteiger partial charge is 0.243 e. The number of ether oxygens (including phenoxy) is 1. The summed E-state index contributed by atoms with van der Waals surface area (Å²) < 4.78 is 5.57. The number of aromatic amines is 1. The van der Waals surface area contributed by atoms with E-state index in [-0.39, 0.29) is 11.8 Å². The van der Waals surface area contributed by atoms with Gasteiger partial charge in [-0.1, -0.05) is 35.9 Å². The van der Waals surface area contributed by atoms with Crippen LogP contribution in [-0.2, 0) is 16.0 Å². The largest absolute Gasteiger partial charge is 0.492 e. The molecule has 0 bridgehead atoms. The summed E-state index contributed by atoms with van der Waals surface area (Å²) in [5.41, 5.74) is 1.97. The first kappa shape index (κ1) is 19.8. The van der Waals surface area contributed by atoms with Crippen molar-refractivity contribution in [1.82, 2.24) is 15.6 Å². The van der Waals surface area contributed by atoms with E-state index in [4.69, 9.17) is 16.3 Å². The van der Waals surface area contributed by atoms with Crippen LogP contribution in [0.5, 0.6) is 5.75 Å². The molecule has 0 aliphatic heterocycles. The fourth-order valence-corrected chi connectivity index (χ4v) is 3.18. The fourth-order valence-electron chi connectivity index (χ4n) is 3.00. The van der Waals surface area contributed by atoms with Gasteiger partial charge in [0, 0.05) is 35.5 Å². The number of halogens is 1. The van der Waals surface area contributed by atoms with Crippen LogP contribution >= 0.6 is 11.6 Å². The highest BCUT2D eigenvalue weighted by Gasteiger charge is 2.21. The molecule has 2 aromatic carbocycles. The van der Waals surface area contributed by atoms with E-state index in [0.29, 0.717) is 30.3 Å². The van der Waals surface area contributed by atoms with Crippen LogP contribution < -0.4 is 15.4 Å². The summed E-state index contributed by atoms with van der Waals surface area (Å²) in [5, 5.41) is 7.16. The lowest BCUT2D eigenvalue weighted by Crippen LogP contribution is -2.48. The van der Waals surface area contributed by atoms with E-state index in [1.54, 1.807) is 24.3 Å². The topological polar surface area (TPSA) is 83.2 Å². The molecule has 3 rings (SSSR count). The van der Waals surface area contributed by atoms with Crippen molar-refractivity contribution in [1.29, 1.82) is 0 Å². The van der Waals surface area contributed by atoms with Crippen molar-refractivity contribution >= 4 is 34.3 Å². The maximum Gasteiger partial charge on any atom is 0.243 e. The van der Waals surface area contributed by atoms with Crippen LogP contribution in [0.4, 0.5) is 0 Å². The Morgan fingerprint density at radius 1 is 1.18 bits per heavy atom. The highest BCUT2D eigenvalue weighted by Crippen LogP contribution is 2.19. The molecule has 6 nitrogen and oxygen atoms in total. The number of nitrogens with one attached hydrogen (secondary N) is 3. The maximum absolute atomic E-state index is 12.6. The summed E-state index contributed by atoms with van der Waals surface area (Å²) in [6, 6.07) is 14.3. The third kappa shape index (κ3) is 5.27. The first-order valence-electron chi connectivity index (χ1n) is 9.01. The van der Waals surface area contributed by atoms with Crippen LogP contribution in [0, 0.1) is 0 Å². The van der Waals surface area contributed by atoms with Crippen LogP contribution in [-0.4, -0.2) is 36.0 Å². The quantitative estimate of drug-likeness (QED) is 0.509. The van der Waals surface area contributed by atoms with E-state index >= 15 is 0 Å². The highest BCUT2D eigenvalue weighted by molar-refractivity contribution is 6.30. The van der Waals surface area contributed by atoms with Gasteiger partial charge in [0.1, 0.15) is 18.4 Å². The van der Waals surface area contributed by atoms with Crippen molar-refractivity contribution < 1.29 is 14.3 Å². The van der Waals surface area contributed by atoms with Gasteiger partial charge in [0.05, 0.1) is 6.54 Å². The van der Waals surface area contributed by atoms with Crippen LogP contribution in [0.2, 0.25) is 5.02 Å². The molecule has 0 saturated heterocycles. The van der Waals surface area contributed by atoms with E-state index in [2.05, 4.69) is 15.6 Å². The molecule has 3 aromatic rings. The minimum absolute atomic E-state index is 0.254. The molecule has 1 aromatic heterocycles. The monoisotopic (exact) mass is 399 g/mol. The zero-order chi connectivity index (χ0) is 19.9. The number of amides is 2. The number of H-pyrrole nitrogens is 1. The molecule has 1 atom stereocenters. The minimum Gasteiger partial charge on any atom is -0.492 e. The van der Waals surface area contributed by atoms with Gasteiger partial charge in [-0.15, -0.1) is 0 Å². The van der Waals surface area contributed by atoms with E-state index in [9.17, 15) is 9.59 Å². The summed E-state index contributed by atoms with van der Waals surface area (Å²) in [6.45, 7) is 2.01. The number of carbonyl (C=O) groups excluding carboxylic acids is 2. The van der Waals surface area contributed by atoms with Crippen molar-refractivity contribution in [3.8, 4) is 5.75 Å². The van der Waals surface area contributed by atoms with Gasteiger partial charge in [-0.05, 0) is 29.8 Å². The Morgan fingerprint density at radius 2 is 2.00 bits per heavy atom. The van der Waals surface area contributed by atoms with Crippen molar-refractivity contribution in [3.63, 3.8) is 0 Å². The normalized spacial score (nSPS) is 11.8. The second-order valence-electron chi connectivity index (χ2n) is 6.41. The van der Waals surface area contributed by atoms with E-state index in [1.165, 1.54) is 6.92 Å². The Bertz CT molecular complexity index is 970. The lowest BCUT2D eigenvalue weighted by molar-refractivity contribution is -0.128. The molecule has 0 spiro atoms. The third-order valence-corrected chi connectivity index (χ3v) is 4.49. The molecule has 0 saturated carbocycles. The molecule has 1 heterocycles. The molecule has 146 valence electrons. The Balaban J connectivity index is 1.57. The Hall–Kier alpha value is -2.99. The Labute approximate surface area is 168 Å². The van der Waals surface area contributed by atoms with Gasteiger partial charge in [0.2, 0.25) is 11.8 Å². The molecule has 28 heavy (non-hydrogen) atoms. The number of fused-ring (bicyclic) bond motifs is 1. The van der Waals surface area contributed by atoms with Gasteiger partial charge >= 0.3 is 0 Å².